The first kappa shape index (κ1) is 15.0. The first-order chi connectivity index (χ1) is 9.41. The number of rotatable bonds is 5. The van der Waals surface area contributed by atoms with Crippen LogP contribution in [0.1, 0.15) is 23.9 Å². The van der Waals surface area contributed by atoms with Crippen LogP contribution in [0.25, 0.3) is 0 Å². The lowest BCUT2D eigenvalue weighted by atomic mass is 10.1. The zero-order chi connectivity index (χ0) is 14.8. The van der Waals surface area contributed by atoms with Crippen LogP contribution in [0.15, 0.2) is 29.4 Å². The zero-order valence-corrected chi connectivity index (χ0v) is 12.9. The predicted molar refractivity (Wildman–Crippen MR) is 77.3 cm³/mol. The van der Waals surface area contributed by atoms with Crippen LogP contribution in [-0.4, -0.2) is 23.2 Å². The number of hydrogen-bond acceptors (Lipinski definition) is 4. The monoisotopic (exact) mass is 313 g/mol. The molecule has 0 radical (unpaired) electrons. The summed E-state index contributed by atoms with van der Waals surface area (Å²) in [7, 11) is 1.49. The molecule has 0 atom stereocenters. The second kappa shape index (κ2) is 5.93. The van der Waals surface area contributed by atoms with Crippen molar-refractivity contribution in [3.05, 3.63) is 41.2 Å². The molecule has 0 saturated heterocycles. The number of hydrogen-bond donors (Lipinski definition) is 0. The molecule has 0 fully saturated rings. The Balaban J connectivity index is 2.18. The highest BCUT2D eigenvalue weighted by Crippen LogP contribution is 2.15. The second-order valence-corrected chi connectivity index (χ2v) is 7.03. The van der Waals surface area contributed by atoms with Gasteiger partial charge in [0.1, 0.15) is 5.82 Å². The van der Waals surface area contributed by atoms with Crippen molar-refractivity contribution in [2.75, 3.05) is 0 Å². The molecule has 0 N–H and O–H groups in total. The van der Waals surface area contributed by atoms with Gasteiger partial charge in [-0.15, -0.1) is 10.2 Å². The topological polar surface area (TPSA) is 64.8 Å². The number of aryl methyl sites for hydroxylation is 3. The van der Waals surface area contributed by atoms with Gasteiger partial charge in [0.2, 0.25) is 0 Å². The van der Waals surface area contributed by atoms with Gasteiger partial charge in [0.25, 0.3) is 14.2 Å². The summed E-state index contributed by atoms with van der Waals surface area (Å²) in [4.78, 5) is 0. The number of aromatic nitrogens is 3. The molecule has 2 rings (SSSR count). The molecular formula is C13H16ClN3O2S. The van der Waals surface area contributed by atoms with Crippen molar-refractivity contribution in [2.24, 2.45) is 0 Å². The van der Waals surface area contributed by atoms with Crippen molar-refractivity contribution in [2.45, 2.75) is 38.4 Å². The first-order valence-corrected chi connectivity index (χ1v) is 8.65. The van der Waals surface area contributed by atoms with E-state index in [9.17, 15) is 8.42 Å². The minimum atomic E-state index is -3.85. The molecule has 0 aliphatic heterocycles. The fraction of sp³-hybridized carbons (Fsp3) is 0.385. The molecule has 0 spiro atoms. The highest BCUT2D eigenvalue weighted by atomic mass is 35.7. The summed E-state index contributed by atoms with van der Waals surface area (Å²) < 4.78 is 24.3. The van der Waals surface area contributed by atoms with E-state index in [1.54, 1.807) is 0 Å². The van der Waals surface area contributed by atoms with Gasteiger partial charge in [-0.3, -0.25) is 0 Å². The molecule has 1 heterocycles. The minimum absolute atomic E-state index is 0.180. The highest BCUT2D eigenvalue weighted by Gasteiger charge is 2.21. The van der Waals surface area contributed by atoms with E-state index in [0.29, 0.717) is 18.8 Å². The van der Waals surface area contributed by atoms with E-state index >= 15 is 0 Å². The molecule has 0 bridgehead atoms. The van der Waals surface area contributed by atoms with Gasteiger partial charge < -0.3 is 4.57 Å². The minimum Gasteiger partial charge on any atom is -0.301 e. The normalized spacial score (nSPS) is 11.8. The third-order valence-electron chi connectivity index (χ3n) is 3.09. The van der Waals surface area contributed by atoms with E-state index < -0.39 is 9.05 Å². The molecule has 1 aromatic heterocycles. The quantitative estimate of drug-likeness (QED) is 0.795. The Morgan fingerprint density at radius 3 is 2.35 bits per heavy atom. The van der Waals surface area contributed by atoms with Gasteiger partial charge in [-0.1, -0.05) is 29.8 Å². The zero-order valence-electron chi connectivity index (χ0n) is 11.4. The van der Waals surface area contributed by atoms with Gasteiger partial charge in [0.05, 0.1) is 0 Å². The van der Waals surface area contributed by atoms with Gasteiger partial charge in [0.15, 0.2) is 0 Å². The second-order valence-electron chi connectivity index (χ2n) is 4.57. The lowest BCUT2D eigenvalue weighted by molar-refractivity contribution is 0.574. The van der Waals surface area contributed by atoms with Gasteiger partial charge in [-0.05, 0) is 25.8 Å². The smallest absolute Gasteiger partial charge is 0.296 e. The van der Waals surface area contributed by atoms with E-state index in [2.05, 4.69) is 34.5 Å². The average molecular weight is 314 g/mol. The molecular weight excluding hydrogens is 298 g/mol. The Morgan fingerprint density at radius 1 is 1.15 bits per heavy atom. The van der Waals surface area contributed by atoms with Crippen LogP contribution in [0.3, 0.4) is 0 Å². The van der Waals surface area contributed by atoms with Crippen molar-refractivity contribution in [3.63, 3.8) is 0 Å². The van der Waals surface area contributed by atoms with Crippen LogP contribution in [0.2, 0.25) is 0 Å². The summed E-state index contributed by atoms with van der Waals surface area (Å²) in [6.45, 7) is 4.34. The van der Waals surface area contributed by atoms with Gasteiger partial charge >= 0.3 is 0 Å². The highest BCUT2D eigenvalue weighted by molar-refractivity contribution is 8.13. The molecule has 2 aromatic rings. The molecule has 0 aliphatic carbocycles. The molecule has 5 nitrogen and oxygen atoms in total. The lowest BCUT2D eigenvalue weighted by Gasteiger charge is -2.06. The molecule has 108 valence electrons. The fourth-order valence-corrected chi connectivity index (χ4v) is 2.99. The van der Waals surface area contributed by atoms with Gasteiger partial charge in [-0.25, -0.2) is 8.42 Å². The maximum atomic E-state index is 11.4. The van der Waals surface area contributed by atoms with Crippen LogP contribution in [0, 0.1) is 6.92 Å². The van der Waals surface area contributed by atoms with E-state index in [0.717, 1.165) is 6.42 Å². The molecule has 0 saturated carbocycles. The van der Waals surface area contributed by atoms with E-state index in [-0.39, 0.29) is 5.16 Å². The Morgan fingerprint density at radius 2 is 1.80 bits per heavy atom. The molecule has 0 aliphatic rings. The maximum absolute atomic E-state index is 11.4. The maximum Gasteiger partial charge on any atom is 0.296 e. The van der Waals surface area contributed by atoms with Crippen molar-refractivity contribution < 1.29 is 8.42 Å². The summed E-state index contributed by atoms with van der Waals surface area (Å²) in [5.41, 5.74) is 2.39. The Labute approximate surface area is 123 Å². The summed E-state index contributed by atoms with van der Waals surface area (Å²) in [6.07, 6.45) is 1.40. The fourth-order valence-electron chi connectivity index (χ4n) is 2.01. The van der Waals surface area contributed by atoms with E-state index in [4.69, 9.17) is 10.7 Å². The molecule has 0 unspecified atom stereocenters. The van der Waals surface area contributed by atoms with Gasteiger partial charge in [0, 0.05) is 23.6 Å². The summed E-state index contributed by atoms with van der Waals surface area (Å²) in [5.74, 6) is 0.632. The number of nitrogens with zero attached hydrogens (tertiary/aromatic N) is 3. The van der Waals surface area contributed by atoms with Crippen molar-refractivity contribution >= 4 is 19.7 Å². The van der Waals surface area contributed by atoms with Crippen LogP contribution < -0.4 is 0 Å². The van der Waals surface area contributed by atoms with E-state index in [1.165, 1.54) is 15.7 Å². The van der Waals surface area contributed by atoms with E-state index in [1.807, 2.05) is 13.8 Å². The first-order valence-electron chi connectivity index (χ1n) is 6.34. The van der Waals surface area contributed by atoms with Crippen LogP contribution >= 0.6 is 10.7 Å². The summed E-state index contributed by atoms with van der Waals surface area (Å²) in [6, 6.07) is 8.21. The third-order valence-corrected chi connectivity index (χ3v) is 4.24. The lowest BCUT2D eigenvalue weighted by Crippen LogP contribution is -2.09. The Kier molecular flexibility index (Phi) is 4.45. The molecule has 1 aromatic carbocycles. The van der Waals surface area contributed by atoms with Gasteiger partial charge in [-0.2, -0.15) is 0 Å². The third kappa shape index (κ3) is 3.37. The SMILES string of the molecule is CCn1c(CCc2ccc(C)cc2)nnc1S(=O)(=O)Cl. The number of benzene rings is 1. The number of halogens is 1. The standard InChI is InChI=1S/C13H16ClN3O2S/c1-3-17-12(15-16-13(17)20(14,18)19)9-8-11-6-4-10(2)5-7-11/h4-7H,3,8-9H2,1-2H3. The van der Waals surface area contributed by atoms with Crippen molar-refractivity contribution in [3.8, 4) is 0 Å². The van der Waals surface area contributed by atoms with Crippen LogP contribution in [0.5, 0.6) is 0 Å². The van der Waals surface area contributed by atoms with Crippen molar-refractivity contribution in [1.82, 2.24) is 14.8 Å². The predicted octanol–water partition coefficient (Wildman–Crippen LogP) is 2.32. The largest absolute Gasteiger partial charge is 0.301 e. The Bertz CT molecular complexity index is 693. The molecule has 0 amide bonds. The average Bonchev–Trinajstić information content (AvgIpc) is 2.81. The summed E-state index contributed by atoms with van der Waals surface area (Å²) in [5, 5.41) is 7.43. The Hall–Kier alpha value is -1.40. The summed E-state index contributed by atoms with van der Waals surface area (Å²) >= 11 is 0. The van der Waals surface area contributed by atoms with Crippen LogP contribution in [-0.2, 0) is 28.4 Å². The van der Waals surface area contributed by atoms with Crippen LogP contribution in [0.4, 0.5) is 0 Å². The molecule has 7 heteroatoms. The molecule has 20 heavy (non-hydrogen) atoms. The van der Waals surface area contributed by atoms with Crippen molar-refractivity contribution in [1.29, 1.82) is 0 Å².